The highest BCUT2D eigenvalue weighted by atomic mass is 16.4. The van der Waals surface area contributed by atoms with Gasteiger partial charge in [-0.05, 0) is 24.0 Å². The summed E-state index contributed by atoms with van der Waals surface area (Å²) in [4.78, 5) is 23.9. The first-order valence-corrected chi connectivity index (χ1v) is 6.77. The molecule has 4 heteroatoms. The van der Waals surface area contributed by atoms with Gasteiger partial charge >= 0.3 is 5.97 Å². The van der Waals surface area contributed by atoms with Gasteiger partial charge in [0.2, 0.25) is 5.91 Å². The zero-order valence-corrected chi connectivity index (χ0v) is 11.6. The summed E-state index contributed by atoms with van der Waals surface area (Å²) in [6.07, 6.45) is 3.81. The Morgan fingerprint density at radius 2 is 1.55 bits per heavy atom. The topological polar surface area (TPSA) is 66.4 Å². The average molecular weight is 273 g/mol. The van der Waals surface area contributed by atoms with Gasteiger partial charge in [0.1, 0.15) is 0 Å². The third-order valence-electron chi connectivity index (χ3n) is 3.87. The fourth-order valence-corrected chi connectivity index (χ4v) is 2.77. The van der Waals surface area contributed by atoms with Gasteiger partial charge in [-0.3, -0.25) is 9.59 Å². The van der Waals surface area contributed by atoms with Crippen molar-refractivity contribution in [1.82, 2.24) is 0 Å². The summed E-state index contributed by atoms with van der Waals surface area (Å²) >= 11 is 0. The van der Waals surface area contributed by atoms with Crippen LogP contribution in [0.3, 0.4) is 0 Å². The van der Waals surface area contributed by atoms with Crippen molar-refractivity contribution in [3.05, 3.63) is 42.5 Å². The summed E-state index contributed by atoms with van der Waals surface area (Å²) in [5.41, 5.74) is 0.691. The van der Waals surface area contributed by atoms with Crippen molar-refractivity contribution in [2.45, 2.75) is 13.8 Å². The van der Waals surface area contributed by atoms with E-state index in [9.17, 15) is 14.7 Å². The average Bonchev–Trinajstić information content (AvgIpc) is 2.41. The molecular weight excluding hydrogens is 254 g/mol. The maximum absolute atomic E-state index is 12.4. The maximum Gasteiger partial charge on any atom is 0.307 e. The lowest BCUT2D eigenvalue weighted by atomic mass is 9.71. The normalized spacial score (nSPS) is 28.9. The van der Waals surface area contributed by atoms with Crippen LogP contribution in [0.4, 0.5) is 5.69 Å². The van der Waals surface area contributed by atoms with E-state index in [2.05, 4.69) is 5.32 Å². The monoisotopic (exact) mass is 273 g/mol. The fourth-order valence-electron chi connectivity index (χ4n) is 2.77. The van der Waals surface area contributed by atoms with E-state index in [1.807, 2.05) is 44.2 Å². The highest BCUT2D eigenvalue weighted by Gasteiger charge is 2.41. The van der Waals surface area contributed by atoms with Crippen molar-refractivity contribution in [2.24, 2.45) is 23.7 Å². The molecule has 106 valence electrons. The molecule has 4 unspecified atom stereocenters. The van der Waals surface area contributed by atoms with Crippen LogP contribution in [0, 0.1) is 23.7 Å². The molecule has 2 rings (SSSR count). The number of allylic oxidation sites excluding steroid dienone is 2. The Balaban J connectivity index is 2.21. The molecule has 0 aliphatic heterocycles. The minimum atomic E-state index is -0.915. The number of aliphatic carboxylic acids is 1. The number of amides is 1. The lowest BCUT2D eigenvalue weighted by molar-refractivity contribution is -0.149. The smallest absolute Gasteiger partial charge is 0.307 e. The molecule has 4 nitrogen and oxygen atoms in total. The molecule has 0 spiro atoms. The van der Waals surface area contributed by atoms with Crippen molar-refractivity contribution in [2.75, 3.05) is 5.32 Å². The zero-order chi connectivity index (χ0) is 14.7. The minimum absolute atomic E-state index is 0.0870. The van der Waals surface area contributed by atoms with Crippen LogP contribution >= 0.6 is 0 Å². The van der Waals surface area contributed by atoms with Gasteiger partial charge in [0.15, 0.2) is 0 Å². The van der Waals surface area contributed by atoms with E-state index in [0.29, 0.717) is 5.69 Å². The molecule has 0 saturated heterocycles. The van der Waals surface area contributed by atoms with E-state index in [1.54, 1.807) is 12.1 Å². The second-order valence-electron chi connectivity index (χ2n) is 5.35. The number of carboxylic acids is 1. The van der Waals surface area contributed by atoms with Crippen molar-refractivity contribution in [3.63, 3.8) is 0 Å². The molecule has 1 amide bonds. The third kappa shape index (κ3) is 2.90. The van der Waals surface area contributed by atoms with Gasteiger partial charge in [-0.15, -0.1) is 0 Å². The Labute approximate surface area is 118 Å². The van der Waals surface area contributed by atoms with E-state index < -0.39 is 17.8 Å². The van der Waals surface area contributed by atoms with Gasteiger partial charge in [0.05, 0.1) is 11.8 Å². The number of rotatable bonds is 3. The van der Waals surface area contributed by atoms with Crippen LogP contribution in [-0.2, 0) is 9.59 Å². The van der Waals surface area contributed by atoms with Crippen molar-refractivity contribution >= 4 is 17.6 Å². The van der Waals surface area contributed by atoms with Crippen LogP contribution < -0.4 is 5.32 Å². The third-order valence-corrected chi connectivity index (χ3v) is 3.87. The van der Waals surface area contributed by atoms with Gasteiger partial charge in [-0.1, -0.05) is 44.2 Å². The molecule has 1 aromatic carbocycles. The Morgan fingerprint density at radius 1 is 1.00 bits per heavy atom. The van der Waals surface area contributed by atoms with Gasteiger partial charge in [0.25, 0.3) is 0 Å². The van der Waals surface area contributed by atoms with Gasteiger partial charge in [-0.2, -0.15) is 0 Å². The number of anilines is 1. The number of carboxylic acid groups (broad SMARTS) is 1. The quantitative estimate of drug-likeness (QED) is 0.832. The summed E-state index contributed by atoms with van der Waals surface area (Å²) in [5.74, 6) is -2.60. The SMILES string of the molecule is CC1C=CC(C)C(C(=O)Nc2ccccc2)C1C(=O)O. The molecule has 0 bridgehead atoms. The molecule has 1 aliphatic rings. The van der Waals surface area contributed by atoms with Crippen molar-refractivity contribution in [3.8, 4) is 0 Å². The van der Waals surface area contributed by atoms with Gasteiger partial charge in [-0.25, -0.2) is 0 Å². The largest absolute Gasteiger partial charge is 0.481 e. The zero-order valence-electron chi connectivity index (χ0n) is 11.6. The van der Waals surface area contributed by atoms with Gasteiger partial charge in [0, 0.05) is 5.69 Å². The minimum Gasteiger partial charge on any atom is -0.481 e. The van der Waals surface area contributed by atoms with Crippen molar-refractivity contribution in [1.29, 1.82) is 0 Å². The Kier molecular flexibility index (Phi) is 4.23. The Bertz CT molecular complexity index is 524. The highest BCUT2D eigenvalue weighted by molar-refractivity contribution is 5.95. The molecule has 0 heterocycles. The molecule has 1 aromatic rings. The second-order valence-corrected chi connectivity index (χ2v) is 5.35. The van der Waals surface area contributed by atoms with E-state index in [0.717, 1.165) is 0 Å². The predicted molar refractivity (Wildman–Crippen MR) is 77.2 cm³/mol. The van der Waals surface area contributed by atoms with Gasteiger partial charge < -0.3 is 10.4 Å². The standard InChI is InChI=1S/C16H19NO3/c1-10-8-9-11(2)14(16(19)20)13(10)15(18)17-12-6-4-3-5-7-12/h3-11,13-14H,1-2H3,(H,17,18)(H,19,20). The van der Waals surface area contributed by atoms with E-state index >= 15 is 0 Å². The number of nitrogens with one attached hydrogen (secondary N) is 1. The van der Waals surface area contributed by atoms with E-state index in [4.69, 9.17) is 0 Å². The fraction of sp³-hybridized carbons (Fsp3) is 0.375. The van der Waals surface area contributed by atoms with Crippen LogP contribution in [0.15, 0.2) is 42.5 Å². The van der Waals surface area contributed by atoms with Crippen LogP contribution in [0.25, 0.3) is 0 Å². The first-order valence-electron chi connectivity index (χ1n) is 6.77. The molecule has 2 N–H and O–H groups in total. The molecular formula is C16H19NO3. The summed E-state index contributed by atoms with van der Waals surface area (Å²) in [6.45, 7) is 3.72. The van der Waals surface area contributed by atoms with Crippen LogP contribution in [0.2, 0.25) is 0 Å². The lowest BCUT2D eigenvalue weighted by Crippen LogP contribution is -2.42. The van der Waals surface area contributed by atoms with Crippen molar-refractivity contribution < 1.29 is 14.7 Å². The van der Waals surface area contributed by atoms with E-state index in [-0.39, 0.29) is 17.7 Å². The van der Waals surface area contributed by atoms with E-state index in [1.165, 1.54) is 0 Å². The number of benzene rings is 1. The number of hydrogen-bond donors (Lipinski definition) is 2. The molecule has 1 aliphatic carbocycles. The number of carbonyl (C=O) groups is 2. The molecule has 20 heavy (non-hydrogen) atoms. The Hall–Kier alpha value is -2.10. The molecule has 0 fully saturated rings. The number of para-hydroxylation sites is 1. The first kappa shape index (κ1) is 14.3. The second kappa shape index (κ2) is 5.90. The van der Waals surface area contributed by atoms with Crippen LogP contribution in [-0.4, -0.2) is 17.0 Å². The summed E-state index contributed by atoms with van der Waals surface area (Å²) in [6, 6.07) is 9.11. The molecule has 0 aromatic heterocycles. The Morgan fingerprint density at radius 3 is 2.10 bits per heavy atom. The first-order chi connectivity index (χ1) is 9.50. The number of carbonyl (C=O) groups excluding carboxylic acids is 1. The van der Waals surface area contributed by atoms with Crippen LogP contribution in [0.1, 0.15) is 13.8 Å². The summed E-state index contributed by atoms with van der Waals surface area (Å²) in [7, 11) is 0. The maximum atomic E-state index is 12.4. The summed E-state index contributed by atoms with van der Waals surface area (Å²) in [5, 5.41) is 12.2. The molecule has 4 atom stereocenters. The number of hydrogen-bond acceptors (Lipinski definition) is 2. The van der Waals surface area contributed by atoms with Crippen LogP contribution in [0.5, 0.6) is 0 Å². The summed E-state index contributed by atoms with van der Waals surface area (Å²) < 4.78 is 0. The highest BCUT2D eigenvalue weighted by Crippen LogP contribution is 2.35. The predicted octanol–water partition coefficient (Wildman–Crippen LogP) is 2.78. The lowest BCUT2D eigenvalue weighted by Gasteiger charge is -2.33. The molecule has 0 saturated carbocycles. The molecule has 0 radical (unpaired) electrons.